The van der Waals surface area contributed by atoms with Crippen LogP contribution in [-0.2, 0) is 6.42 Å². The first-order chi connectivity index (χ1) is 10.1. The fourth-order valence-electron chi connectivity index (χ4n) is 2.05. The number of imidazole rings is 1. The van der Waals surface area contributed by atoms with Gasteiger partial charge in [-0.3, -0.25) is 0 Å². The highest BCUT2D eigenvalue weighted by molar-refractivity contribution is 7.99. The van der Waals surface area contributed by atoms with Gasteiger partial charge in [-0.15, -0.1) is 0 Å². The number of aromatic nitrogens is 4. The molecule has 3 aromatic rings. The number of rotatable bonds is 4. The van der Waals surface area contributed by atoms with Gasteiger partial charge in [0, 0.05) is 10.9 Å². The third-order valence-electron chi connectivity index (χ3n) is 2.95. The number of fused-ring (bicyclic) bond motifs is 1. The van der Waals surface area contributed by atoms with Crippen LogP contribution in [0.1, 0.15) is 12.5 Å². The fourth-order valence-corrected chi connectivity index (χ4v) is 3.22. The van der Waals surface area contributed by atoms with Crippen LogP contribution in [0.3, 0.4) is 0 Å². The average Bonchev–Trinajstić information content (AvgIpc) is 2.90. The molecule has 21 heavy (non-hydrogen) atoms. The Bertz CT molecular complexity index is 771. The standard InChI is InChI=1S/C14H14ClN5S/c1-8(16)4-9-2-3-11(10(15)5-9)21-14-12-13(18-6-17-12)19-7-20-14/h2-3,5-8H,4,16H2,1H3,(H,17,18,19,20). The van der Waals surface area contributed by atoms with E-state index in [2.05, 4.69) is 19.9 Å². The summed E-state index contributed by atoms with van der Waals surface area (Å²) in [6.45, 7) is 1.98. The molecule has 0 fully saturated rings. The van der Waals surface area contributed by atoms with Gasteiger partial charge in [-0.05, 0) is 31.0 Å². The van der Waals surface area contributed by atoms with Crippen LogP contribution in [0, 0.1) is 0 Å². The lowest BCUT2D eigenvalue weighted by molar-refractivity contribution is 0.738. The van der Waals surface area contributed by atoms with Crippen molar-refractivity contribution in [2.45, 2.75) is 29.3 Å². The summed E-state index contributed by atoms with van der Waals surface area (Å²) in [6, 6.07) is 6.11. The summed E-state index contributed by atoms with van der Waals surface area (Å²) in [6.07, 6.45) is 3.92. The van der Waals surface area contributed by atoms with Crippen LogP contribution in [0.2, 0.25) is 5.02 Å². The van der Waals surface area contributed by atoms with E-state index in [1.54, 1.807) is 6.33 Å². The minimum atomic E-state index is 0.117. The molecule has 0 spiro atoms. The highest BCUT2D eigenvalue weighted by Crippen LogP contribution is 2.35. The predicted molar refractivity (Wildman–Crippen MR) is 84.6 cm³/mol. The molecule has 0 saturated carbocycles. The maximum Gasteiger partial charge on any atom is 0.181 e. The molecule has 0 aliphatic carbocycles. The van der Waals surface area contributed by atoms with Crippen LogP contribution in [0.25, 0.3) is 11.2 Å². The summed E-state index contributed by atoms with van der Waals surface area (Å²) in [4.78, 5) is 16.5. The predicted octanol–water partition coefficient (Wildman–Crippen LogP) is 3.05. The number of hydrogen-bond donors (Lipinski definition) is 2. The van der Waals surface area contributed by atoms with Gasteiger partial charge < -0.3 is 10.7 Å². The molecule has 0 amide bonds. The maximum absolute atomic E-state index is 6.36. The van der Waals surface area contributed by atoms with E-state index in [4.69, 9.17) is 17.3 Å². The highest BCUT2D eigenvalue weighted by Gasteiger charge is 2.10. The Morgan fingerprint density at radius 3 is 2.95 bits per heavy atom. The van der Waals surface area contributed by atoms with Crippen molar-refractivity contribution in [1.82, 2.24) is 19.9 Å². The van der Waals surface area contributed by atoms with Crippen LogP contribution >= 0.6 is 23.4 Å². The molecular weight excluding hydrogens is 306 g/mol. The molecule has 3 N–H and O–H groups in total. The molecule has 1 unspecified atom stereocenters. The van der Waals surface area contributed by atoms with E-state index in [0.29, 0.717) is 10.7 Å². The first kappa shape index (κ1) is 14.3. The second kappa shape index (κ2) is 6.01. The number of benzene rings is 1. The Balaban J connectivity index is 1.89. The molecule has 3 rings (SSSR count). The summed E-state index contributed by atoms with van der Waals surface area (Å²) in [5.41, 5.74) is 8.41. The van der Waals surface area contributed by atoms with Crippen LogP contribution in [0.15, 0.2) is 40.8 Å². The largest absolute Gasteiger partial charge is 0.341 e. The molecule has 2 heterocycles. The molecule has 108 valence electrons. The topological polar surface area (TPSA) is 80.5 Å². The van der Waals surface area contributed by atoms with Gasteiger partial charge in [0.1, 0.15) is 16.9 Å². The number of nitrogens with one attached hydrogen (secondary N) is 1. The van der Waals surface area contributed by atoms with Crippen molar-refractivity contribution in [2.75, 3.05) is 0 Å². The van der Waals surface area contributed by atoms with E-state index in [-0.39, 0.29) is 6.04 Å². The minimum Gasteiger partial charge on any atom is -0.341 e. The van der Waals surface area contributed by atoms with Crippen molar-refractivity contribution < 1.29 is 0 Å². The lowest BCUT2D eigenvalue weighted by atomic mass is 10.1. The smallest absolute Gasteiger partial charge is 0.181 e. The third-order valence-corrected chi connectivity index (χ3v) is 4.45. The van der Waals surface area contributed by atoms with Gasteiger partial charge in [0.25, 0.3) is 0 Å². The van der Waals surface area contributed by atoms with Crippen molar-refractivity contribution in [1.29, 1.82) is 0 Å². The number of aromatic amines is 1. The first-order valence-electron chi connectivity index (χ1n) is 6.49. The van der Waals surface area contributed by atoms with Gasteiger partial charge >= 0.3 is 0 Å². The molecule has 0 saturated heterocycles. The Hall–Kier alpha value is -1.63. The quantitative estimate of drug-likeness (QED) is 0.722. The summed E-state index contributed by atoms with van der Waals surface area (Å²) in [5.74, 6) is 0. The normalized spacial score (nSPS) is 12.7. The molecule has 1 aromatic carbocycles. The monoisotopic (exact) mass is 319 g/mol. The Morgan fingerprint density at radius 1 is 1.33 bits per heavy atom. The van der Waals surface area contributed by atoms with Gasteiger partial charge in [-0.2, -0.15) is 0 Å². The molecule has 5 nitrogen and oxygen atoms in total. The molecule has 1 atom stereocenters. The Morgan fingerprint density at radius 2 is 2.19 bits per heavy atom. The number of nitrogens with two attached hydrogens (primary N) is 1. The molecule has 0 aliphatic rings. The molecule has 2 aromatic heterocycles. The molecule has 0 aliphatic heterocycles. The zero-order chi connectivity index (χ0) is 14.8. The van der Waals surface area contributed by atoms with Crippen LogP contribution in [-0.4, -0.2) is 26.0 Å². The van der Waals surface area contributed by atoms with Gasteiger partial charge in [0.15, 0.2) is 5.65 Å². The average molecular weight is 320 g/mol. The Labute approximate surface area is 131 Å². The summed E-state index contributed by atoms with van der Waals surface area (Å²) in [5, 5.41) is 1.50. The van der Waals surface area contributed by atoms with E-state index >= 15 is 0 Å². The number of hydrogen-bond acceptors (Lipinski definition) is 5. The van der Waals surface area contributed by atoms with Gasteiger partial charge in [0.05, 0.1) is 11.3 Å². The maximum atomic E-state index is 6.36. The Kier molecular flexibility index (Phi) is 4.10. The van der Waals surface area contributed by atoms with E-state index in [1.807, 2.05) is 25.1 Å². The molecule has 0 bridgehead atoms. The molecule has 0 radical (unpaired) electrons. The van der Waals surface area contributed by atoms with Gasteiger partial charge in [-0.25, -0.2) is 15.0 Å². The minimum absolute atomic E-state index is 0.117. The number of nitrogens with zero attached hydrogens (tertiary/aromatic N) is 3. The first-order valence-corrected chi connectivity index (χ1v) is 7.69. The SMILES string of the molecule is CC(N)Cc1ccc(Sc2ncnc3nc[nH]c23)c(Cl)c1. The lowest BCUT2D eigenvalue weighted by Crippen LogP contribution is -2.17. The van der Waals surface area contributed by atoms with Gasteiger partial charge in [-0.1, -0.05) is 29.4 Å². The van der Waals surface area contributed by atoms with Crippen molar-refractivity contribution in [2.24, 2.45) is 5.73 Å². The zero-order valence-electron chi connectivity index (χ0n) is 11.4. The van der Waals surface area contributed by atoms with Crippen molar-refractivity contribution >= 4 is 34.5 Å². The van der Waals surface area contributed by atoms with E-state index in [0.717, 1.165) is 27.4 Å². The molecular formula is C14H14ClN5S. The fraction of sp³-hybridized carbons (Fsp3) is 0.214. The lowest BCUT2D eigenvalue weighted by Gasteiger charge is -2.08. The van der Waals surface area contributed by atoms with Crippen LogP contribution in [0.5, 0.6) is 0 Å². The number of H-pyrrole nitrogens is 1. The number of halogens is 1. The highest BCUT2D eigenvalue weighted by atomic mass is 35.5. The zero-order valence-corrected chi connectivity index (χ0v) is 12.9. The van der Waals surface area contributed by atoms with Crippen LogP contribution < -0.4 is 5.73 Å². The molecule has 7 heteroatoms. The second-order valence-electron chi connectivity index (χ2n) is 4.83. The third kappa shape index (κ3) is 3.18. The van der Waals surface area contributed by atoms with E-state index < -0.39 is 0 Å². The van der Waals surface area contributed by atoms with Crippen molar-refractivity contribution in [3.05, 3.63) is 41.4 Å². The second-order valence-corrected chi connectivity index (χ2v) is 6.27. The summed E-state index contributed by atoms with van der Waals surface area (Å²) >= 11 is 7.85. The summed E-state index contributed by atoms with van der Waals surface area (Å²) < 4.78 is 0. The van der Waals surface area contributed by atoms with Crippen molar-refractivity contribution in [3.63, 3.8) is 0 Å². The van der Waals surface area contributed by atoms with Crippen molar-refractivity contribution in [3.8, 4) is 0 Å². The van der Waals surface area contributed by atoms with E-state index in [1.165, 1.54) is 18.1 Å². The van der Waals surface area contributed by atoms with Crippen LogP contribution in [0.4, 0.5) is 0 Å². The van der Waals surface area contributed by atoms with Gasteiger partial charge in [0.2, 0.25) is 0 Å². The summed E-state index contributed by atoms with van der Waals surface area (Å²) in [7, 11) is 0. The van der Waals surface area contributed by atoms with E-state index in [9.17, 15) is 0 Å².